The summed E-state index contributed by atoms with van der Waals surface area (Å²) in [6.45, 7) is 0. The number of rotatable bonds is 3. The summed E-state index contributed by atoms with van der Waals surface area (Å²) in [5, 5.41) is 0.807. The van der Waals surface area contributed by atoms with Crippen LogP contribution in [-0.2, 0) is 0 Å². The third-order valence-corrected chi connectivity index (χ3v) is 3.32. The molecule has 0 aliphatic carbocycles. The molecule has 0 aromatic heterocycles. The Bertz CT molecular complexity index is 641. The number of benzene rings is 2. The molecule has 0 atom stereocenters. The number of carbonyl (C=O) groups excluding carboxylic acids is 1. The van der Waals surface area contributed by atoms with Gasteiger partial charge in [0.25, 0.3) is 0 Å². The molecule has 2 rings (SSSR count). The zero-order valence-electron chi connectivity index (χ0n) is 10.1. The van der Waals surface area contributed by atoms with Gasteiger partial charge in [-0.25, -0.2) is 0 Å². The Morgan fingerprint density at radius 3 is 2.32 bits per heavy atom. The molecule has 2 aromatic rings. The monoisotopic (exact) mass is 295 g/mol. The van der Waals surface area contributed by atoms with Gasteiger partial charge in [0.15, 0.2) is 5.78 Å². The second-order valence-electron chi connectivity index (χ2n) is 3.91. The second kappa shape index (κ2) is 5.51. The van der Waals surface area contributed by atoms with Crippen LogP contribution in [0.2, 0.25) is 10.0 Å². The van der Waals surface area contributed by atoms with Gasteiger partial charge in [-0.05, 0) is 36.4 Å². The largest absolute Gasteiger partial charge is 0.495 e. The molecule has 0 fully saturated rings. The molecule has 0 unspecified atom stereocenters. The topological polar surface area (TPSA) is 52.3 Å². The van der Waals surface area contributed by atoms with Gasteiger partial charge in [0.1, 0.15) is 5.75 Å². The van der Waals surface area contributed by atoms with E-state index >= 15 is 0 Å². The van der Waals surface area contributed by atoms with E-state index < -0.39 is 0 Å². The van der Waals surface area contributed by atoms with Crippen LogP contribution in [0.3, 0.4) is 0 Å². The second-order valence-corrected chi connectivity index (χ2v) is 4.73. The van der Waals surface area contributed by atoms with Gasteiger partial charge in [0.05, 0.1) is 22.8 Å². The number of nitrogen functional groups attached to an aromatic ring is 1. The molecule has 0 radical (unpaired) electrons. The minimum atomic E-state index is -0.170. The summed E-state index contributed by atoms with van der Waals surface area (Å²) in [5.74, 6) is 0.283. The zero-order chi connectivity index (χ0) is 14.0. The standard InChI is InChI=1S/C14H11Cl2NO2/c1-19-13-7-9(2-4-10(13)15)14(18)8-3-5-12(17)11(16)6-8/h2-7H,17H2,1H3. The first kappa shape index (κ1) is 13.7. The third-order valence-electron chi connectivity index (χ3n) is 2.68. The first-order valence-electron chi connectivity index (χ1n) is 5.46. The molecule has 0 saturated heterocycles. The van der Waals surface area contributed by atoms with Gasteiger partial charge in [-0.15, -0.1) is 0 Å². The molecule has 0 aliphatic rings. The van der Waals surface area contributed by atoms with Crippen molar-refractivity contribution < 1.29 is 9.53 Å². The van der Waals surface area contributed by atoms with Crippen molar-refractivity contribution in [3.8, 4) is 5.75 Å². The molecule has 0 aliphatic heterocycles. The first-order valence-corrected chi connectivity index (χ1v) is 6.22. The molecule has 0 heterocycles. The Kier molecular flexibility index (Phi) is 3.98. The number of halogens is 2. The molecular weight excluding hydrogens is 285 g/mol. The fraction of sp³-hybridized carbons (Fsp3) is 0.0714. The van der Waals surface area contributed by atoms with Crippen LogP contribution < -0.4 is 10.5 Å². The van der Waals surface area contributed by atoms with E-state index in [9.17, 15) is 4.79 Å². The smallest absolute Gasteiger partial charge is 0.193 e. The van der Waals surface area contributed by atoms with Gasteiger partial charge < -0.3 is 10.5 Å². The van der Waals surface area contributed by atoms with Crippen molar-refractivity contribution in [3.63, 3.8) is 0 Å². The number of nitrogens with two attached hydrogens (primary N) is 1. The lowest BCUT2D eigenvalue weighted by atomic mass is 10.0. The van der Waals surface area contributed by atoms with Crippen molar-refractivity contribution in [3.05, 3.63) is 57.6 Å². The summed E-state index contributed by atoms with van der Waals surface area (Å²) in [5.41, 5.74) is 6.99. The number of carbonyl (C=O) groups is 1. The van der Waals surface area contributed by atoms with Crippen LogP contribution in [0.4, 0.5) is 5.69 Å². The minimum absolute atomic E-state index is 0.170. The average Bonchev–Trinajstić information content (AvgIpc) is 2.41. The number of ether oxygens (including phenoxy) is 1. The Morgan fingerprint density at radius 2 is 1.68 bits per heavy atom. The lowest BCUT2D eigenvalue weighted by Gasteiger charge is -2.07. The van der Waals surface area contributed by atoms with E-state index in [-0.39, 0.29) is 5.78 Å². The maximum absolute atomic E-state index is 12.3. The fourth-order valence-electron chi connectivity index (χ4n) is 1.64. The van der Waals surface area contributed by atoms with Gasteiger partial charge >= 0.3 is 0 Å². The lowest BCUT2D eigenvalue weighted by Crippen LogP contribution is -2.02. The van der Waals surface area contributed by atoms with Crippen LogP contribution in [0.25, 0.3) is 0 Å². The van der Waals surface area contributed by atoms with E-state index in [4.69, 9.17) is 33.7 Å². The molecular formula is C14H11Cl2NO2. The highest BCUT2D eigenvalue weighted by atomic mass is 35.5. The Balaban J connectivity index is 2.41. The normalized spacial score (nSPS) is 10.3. The van der Waals surface area contributed by atoms with Gasteiger partial charge in [-0.2, -0.15) is 0 Å². The number of hydrogen-bond donors (Lipinski definition) is 1. The number of ketones is 1. The van der Waals surface area contributed by atoms with Crippen LogP contribution >= 0.6 is 23.2 Å². The molecule has 0 bridgehead atoms. The van der Waals surface area contributed by atoms with Crippen LogP contribution in [0.5, 0.6) is 5.75 Å². The van der Waals surface area contributed by atoms with Gasteiger partial charge in [-0.3, -0.25) is 4.79 Å². The van der Waals surface area contributed by atoms with Crippen molar-refractivity contribution in [1.82, 2.24) is 0 Å². The predicted octanol–water partition coefficient (Wildman–Crippen LogP) is 3.82. The van der Waals surface area contributed by atoms with Crippen LogP contribution in [0, 0.1) is 0 Å². The van der Waals surface area contributed by atoms with Gasteiger partial charge in [0.2, 0.25) is 0 Å². The quantitative estimate of drug-likeness (QED) is 0.692. The molecule has 0 saturated carbocycles. The van der Waals surface area contributed by atoms with Gasteiger partial charge in [0, 0.05) is 11.1 Å². The highest BCUT2D eigenvalue weighted by molar-refractivity contribution is 6.33. The molecule has 2 aromatic carbocycles. The van der Waals surface area contributed by atoms with Crippen molar-refractivity contribution in [2.24, 2.45) is 0 Å². The molecule has 0 spiro atoms. The highest BCUT2D eigenvalue weighted by Gasteiger charge is 2.12. The van der Waals surface area contributed by atoms with E-state index in [1.807, 2.05) is 0 Å². The molecule has 3 nitrogen and oxygen atoms in total. The van der Waals surface area contributed by atoms with Crippen LogP contribution in [0.15, 0.2) is 36.4 Å². The van der Waals surface area contributed by atoms with E-state index in [2.05, 4.69) is 0 Å². The van der Waals surface area contributed by atoms with Crippen molar-refractivity contribution in [1.29, 1.82) is 0 Å². The van der Waals surface area contributed by atoms with Crippen LogP contribution in [-0.4, -0.2) is 12.9 Å². The van der Waals surface area contributed by atoms with Crippen molar-refractivity contribution >= 4 is 34.7 Å². The van der Waals surface area contributed by atoms with Gasteiger partial charge in [-0.1, -0.05) is 23.2 Å². The summed E-state index contributed by atoms with van der Waals surface area (Å²) >= 11 is 11.8. The summed E-state index contributed by atoms with van der Waals surface area (Å²) in [4.78, 5) is 12.3. The zero-order valence-corrected chi connectivity index (χ0v) is 11.6. The number of hydrogen-bond acceptors (Lipinski definition) is 3. The van der Waals surface area contributed by atoms with Crippen molar-refractivity contribution in [2.75, 3.05) is 12.8 Å². The lowest BCUT2D eigenvalue weighted by molar-refractivity contribution is 0.103. The Labute approximate surface area is 120 Å². The fourth-order valence-corrected chi connectivity index (χ4v) is 2.01. The maximum atomic E-state index is 12.3. The van der Waals surface area contributed by atoms with Crippen molar-refractivity contribution in [2.45, 2.75) is 0 Å². The summed E-state index contributed by atoms with van der Waals surface area (Å²) in [7, 11) is 1.50. The minimum Gasteiger partial charge on any atom is -0.495 e. The average molecular weight is 296 g/mol. The number of anilines is 1. The highest BCUT2D eigenvalue weighted by Crippen LogP contribution is 2.27. The van der Waals surface area contributed by atoms with Crippen LogP contribution in [0.1, 0.15) is 15.9 Å². The summed E-state index contributed by atoms with van der Waals surface area (Å²) in [6.07, 6.45) is 0. The Morgan fingerprint density at radius 1 is 1.05 bits per heavy atom. The first-order chi connectivity index (χ1) is 9.02. The van der Waals surface area contributed by atoms with E-state index in [1.54, 1.807) is 36.4 Å². The molecule has 2 N–H and O–H groups in total. The number of methoxy groups -OCH3 is 1. The molecule has 0 amide bonds. The van der Waals surface area contributed by atoms with E-state index in [0.29, 0.717) is 32.6 Å². The van der Waals surface area contributed by atoms with E-state index in [1.165, 1.54) is 7.11 Å². The SMILES string of the molecule is COc1cc(C(=O)c2ccc(N)c(Cl)c2)ccc1Cl. The third kappa shape index (κ3) is 2.83. The summed E-state index contributed by atoms with van der Waals surface area (Å²) < 4.78 is 5.08. The predicted molar refractivity (Wildman–Crippen MR) is 77.3 cm³/mol. The Hall–Kier alpha value is -1.71. The van der Waals surface area contributed by atoms with E-state index in [0.717, 1.165) is 0 Å². The maximum Gasteiger partial charge on any atom is 0.193 e. The molecule has 5 heteroatoms. The molecule has 19 heavy (non-hydrogen) atoms. The summed E-state index contributed by atoms with van der Waals surface area (Å²) in [6, 6.07) is 9.62. The molecule has 98 valence electrons.